The third-order valence-electron chi connectivity index (χ3n) is 4.57. The third kappa shape index (κ3) is 5.36. The minimum absolute atomic E-state index is 0.0862. The lowest BCUT2D eigenvalue weighted by Crippen LogP contribution is -2.33. The van der Waals surface area contributed by atoms with Crippen LogP contribution in [0.3, 0.4) is 0 Å². The Balaban J connectivity index is 1.86. The van der Waals surface area contributed by atoms with Gasteiger partial charge in [-0.05, 0) is 41.2 Å². The maximum Gasteiger partial charge on any atom is 0.333 e. The molecule has 160 valence electrons. The molecule has 0 bridgehead atoms. The molecule has 0 saturated carbocycles. The van der Waals surface area contributed by atoms with Crippen molar-refractivity contribution in [3.63, 3.8) is 0 Å². The van der Waals surface area contributed by atoms with Gasteiger partial charge in [0.15, 0.2) is 11.5 Å². The van der Waals surface area contributed by atoms with Crippen LogP contribution in [-0.2, 0) is 0 Å². The number of rotatable bonds is 9. The summed E-state index contributed by atoms with van der Waals surface area (Å²) in [5.41, 5.74) is 1.44. The molecule has 0 fully saturated rings. The van der Waals surface area contributed by atoms with Crippen LogP contribution in [0.1, 0.15) is 31.0 Å². The number of nitro benzene ring substituents is 1. The van der Waals surface area contributed by atoms with Gasteiger partial charge in [-0.25, -0.2) is 4.73 Å². The van der Waals surface area contributed by atoms with E-state index in [4.69, 9.17) is 9.47 Å². The van der Waals surface area contributed by atoms with Gasteiger partial charge in [0.1, 0.15) is 11.9 Å². The summed E-state index contributed by atoms with van der Waals surface area (Å²) in [7, 11) is 1.58. The Morgan fingerprint density at radius 3 is 2.71 bits per heavy atom. The van der Waals surface area contributed by atoms with Crippen molar-refractivity contribution in [2.45, 2.75) is 19.8 Å². The van der Waals surface area contributed by atoms with E-state index in [1.807, 2.05) is 18.2 Å². The first-order valence-corrected chi connectivity index (χ1v) is 9.85. The minimum atomic E-state index is -0.509. The first-order chi connectivity index (χ1) is 15.0. The summed E-state index contributed by atoms with van der Waals surface area (Å²) in [6, 6.07) is 12.9. The molecule has 0 atom stereocenters. The zero-order chi connectivity index (χ0) is 22.2. The number of nitrogens with zero attached hydrogens (tertiary/aromatic N) is 3. The lowest BCUT2D eigenvalue weighted by molar-refractivity contribution is -0.598. The highest BCUT2D eigenvalue weighted by atomic mass is 16.6. The van der Waals surface area contributed by atoms with Gasteiger partial charge in [0.05, 0.1) is 24.2 Å². The van der Waals surface area contributed by atoms with Gasteiger partial charge in [-0.2, -0.15) is 0 Å². The highest BCUT2D eigenvalue weighted by Gasteiger charge is 2.16. The Kier molecular flexibility index (Phi) is 7.16. The summed E-state index contributed by atoms with van der Waals surface area (Å²) in [5, 5.41) is 23.8. The van der Waals surface area contributed by atoms with Crippen molar-refractivity contribution >= 4 is 17.8 Å². The van der Waals surface area contributed by atoms with Crippen molar-refractivity contribution in [3.05, 3.63) is 81.3 Å². The van der Waals surface area contributed by atoms with Gasteiger partial charge in [0, 0.05) is 18.2 Å². The summed E-state index contributed by atoms with van der Waals surface area (Å²) >= 11 is 0. The van der Waals surface area contributed by atoms with E-state index < -0.39 is 4.92 Å². The van der Waals surface area contributed by atoms with E-state index in [0.717, 1.165) is 18.4 Å². The lowest BCUT2D eigenvalue weighted by atomic mass is 10.1. The molecule has 0 spiro atoms. The first kappa shape index (κ1) is 21.8. The highest BCUT2D eigenvalue weighted by Crippen LogP contribution is 2.29. The number of hydrogen-bond acceptors (Lipinski definition) is 6. The number of methoxy groups -OCH3 is 1. The van der Waals surface area contributed by atoms with Crippen LogP contribution in [0, 0.1) is 15.3 Å². The van der Waals surface area contributed by atoms with Crippen LogP contribution in [0.4, 0.5) is 5.69 Å². The Morgan fingerprint density at radius 1 is 1.13 bits per heavy atom. The van der Waals surface area contributed by atoms with E-state index in [9.17, 15) is 15.3 Å². The molecule has 0 saturated heterocycles. The second-order valence-corrected chi connectivity index (χ2v) is 6.74. The van der Waals surface area contributed by atoms with Crippen molar-refractivity contribution < 1.29 is 19.1 Å². The van der Waals surface area contributed by atoms with Gasteiger partial charge in [-0.15, -0.1) is 0 Å². The largest absolute Gasteiger partial charge is 0.710 e. The van der Waals surface area contributed by atoms with Crippen LogP contribution in [-0.4, -0.2) is 23.6 Å². The maximum absolute atomic E-state index is 12.8. The van der Waals surface area contributed by atoms with Gasteiger partial charge in [-0.3, -0.25) is 10.1 Å². The SMILES string of the molecule is CCCCOc1ccc(/C=C/c2ccnc(-c3cccc([N+](=O)[O-])c3)[n+]2[O-])cc1OC. The van der Waals surface area contributed by atoms with Crippen LogP contribution in [0.2, 0.25) is 0 Å². The van der Waals surface area contributed by atoms with Crippen LogP contribution in [0.25, 0.3) is 23.5 Å². The molecule has 1 heterocycles. The number of aromatic nitrogens is 2. The van der Waals surface area contributed by atoms with Gasteiger partial charge in [0.2, 0.25) is 0 Å². The number of hydrogen-bond donors (Lipinski definition) is 0. The molecule has 0 aliphatic heterocycles. The van der Waals surface area contributed by atoms with Crippen molar-refractivity contribution in [1.29, 1.82) is 0 Å². The van der Waals surface area contributed by atoms with Crippen molar-refractivity contribution in [1.82, 2.24) is 4.98 Å². The normalized spacial score (nSPS) is 10.9. The molecule has 1 aromatic heterocycles. The maximum atomic E-state index is 12.8. The molecule has 0 unspecified atom stereocenters. The van der Waals surface area contributed by atoms with Gasteiger partial charge in [-0.1, -0.05) is 31.6 Å². The van der Waals surface area contributed by atoms with Gasteiger partial charge >= 0.3 is 5.82 Å². The fourth-order valence-corrected chi connectivity index (χ4v) is 2.92. The average molecular weight is 421 g/mol. The Morgan fingerprint density at radius 2 is 1.97 bits per heavy atom. The second kappa shape index (κ2) is 10.2. The number of benzene rings is 2. The fourth-order valence-electron chi connectivity index (χ4n) is 2.92. The van der Waals surface area contributed by atoms with E-state index in [2.05, 4.69) is 11.9 Å². The Labute approximate surface area is 180 Å². The molecular formula is C23H23N3O5. The smallest absolute Gasteiger partial charge is 0.333 e. The standard InChI is InChI=1S/C23H23N3O5/c1-3-4-14-31-21-11-9-17(15-22(21)30-2)8-10-19-12-13-24-23(25(19)27)18-6-5-7-20(16-18)26(28)29/h5-13,15-16H,3-4,14H2,1-2H3/b10-8+. The molecular weight excluding hydrogens is 398 g/mol. The molecule has 0 aliphatic rings. The van der Waals surface area contributed by atoms with Crippen LogP contribution in [0.5, 0.6) is 11.5 Å². The van der Waals surface area contributed by atoms with E-state index in [0.29, 0.717) is 34.1 Å². The number of ether oxygens (including phenoxy) is 2. The van der Waals surface area contributed by atoms with Crippen LogP contribution >= 0.6 is 0 Å². The number of nitro groups is 1. The molecule has 0 N–H and O–H groups in total. The molecule has 0 aliphatic carbocycles. The molecule has 2 aromatic carbocycles. The van der Waals surface area contributed by atoms with Crippen molar-refractivity contribution in [2.75, 3.05) is 13.7 Å². The van der Waals surface area contributed by atoms with Crippen LogP contribution < -0.4 is 14.2 Å². The predicted octanol–water partition coefficient (Wildman–Crippen LogP) is 4.65. The Bertz CT molecular complexity index is 1100. The Hall–Kier alpha value is -3.94. The topological polar surface area (TPSA) is 101 Å². The molecule has 3 aromatic rings. The molecule has 3 rings (SSSR count). The summed E-state index contributed by atoms with van der Waals surface area (Å²) in [4.78, 5) is 14.6. The monoisotopic (exact) mass is 421 g/mol. The molecule has 31 heavy (non-hydrogen) atoms. The highest BCUT2D eigenvalue weighted by molar-refractivity contribution is 5.69. The van der Waals surface area contributed by atoms with Crippen LogP contribution in [0.15, 0.2) is 54.7 Å². The molecule has 0 radical (unpaired) electrons. The zero-order valence-corrected chi connectivity index (χ0v) is 17.4. The number of non-ortho nitro benzene ring substituents is 1. The second-order valence-electron chi connectivity index (χ2n) is 6.74. The summed E-state index contributed by atoms with van der Waals surface area (Å²) in [5.74, 6) is 1.37. The van der Waals surface area contributed by atoms with Crippen molar-refractivity contribution in [3.8, 4) is 22.9 Å². The fraction of sp³-hybridized carbons (Fsp3) is 0.217. The van der Waals surface area contributed by atoms with Gasteiger partial charge in [0.25, 0.3) is 5.69 Å². The summed E-state index contributed by atoms with van der Waals surface area (Å²) < 4.78 is 11.8. The zero-order valence-electron chi connectivity index (χ0n) is 17.4. The minimum Gasteiger partial charge on any atom is -0.710 e. The van der Waals surface area contributed by atoms with E-state index in [-0.39, 0.29) is 11.5 Å². The first-order valence-electron chi connectivity index (χ1n) is 9.85. The number of unbranched alkanes of at least 4 members (excludes halogenated alkanes) is 1. The molecule has 8 nitrogen and oxygen atoms in total. The molecule has 8 heteroatoms. The van der Waals surface area contributed by atoms with Gasteiger partial charge < -0.3 is 14.7 Å². The quantitative estimate of drug-likeness (QED) is 0.164. The van der Waals surface area contributed by atoms with Crippen molar-refractivity contribution in [2.24, 2.45) is 0 Å². The average Bonchev–Trinajstić information content (AvgIpc) is 2.79. The van der Waals surface area contributed by atoms with E-state index in [1.165, 1.54) is 24.4 Å². The third-order valence-corrected chi connectivity index (χ3v) is 4.57. The van der Waals surface area contributed by atoms with E-state index in [1.54, 1.807) is 31.4 Å². The lowest BCUT2D eigenvalue weighted by Gasteiger charge is -2.11. The summed E-state index contributed by atoms with van der Waals surface area (Å²) in [6.45, 7) is 2.72. The molecule has 0 amide bonds. The predicted molar refractivity (Wildman–Crippen MR) is 118 cm³/mol. The van der Waals surface area contributed by atoms with E-state index >= 15 is 0 Å². The summed E-state index contributed by atoms with van der Waals surface area (Å²) in [6.07, 6.45) is 6.93.